The molecule has 1 aliphatic rings. The summed E-state index contributed by atoms with van der Waals surface area (Å²) < 4.78 is 10.7. The van der Waals surface area contributed by atoms with Crippen molar-refractivity contribution >= 4 is 17.5 Å². The minimum atomic E-state index is -0.241. The van der Waals surface area contributed by atoms with Crippen molar-refractivity contribution in [3.05, 3.63) is 58.1 Å². The maximum atomic E-state index is 12.0. The zero-order chi connectivity index (χ0) is 15.7. The molecule has 0 radical (unpaired) electrons. The molecule has 1 heterocycles. The number of hydrogen-bond donors (Lipinski definition) is 1. The van der Waals surface area contributed by atoms with Crippen LogP contribution in [-0.4, -0.2) is 20.1 Å². The molecule has 0 bridgehead atoms. The lowest BCUT2D eigenvalue weighted by atomic mass is 9.89. The number of fused-ring (bicyclic) bond motifs is 1. The number of amides is 1. The van der Waals surface area contributed by atoms with Crippen LogP contribution in [0.5, 0.6) is 11.5 Å². The van der Waals surface area contributed by atoms with Gasteiger partial charge in [-0.05, 0) is 41.0 Å². The van der Waals surface area contributed by atoms with Gasteiger partial charge in [-0.15, -0.1) is 0 Å². The zero-order valence-corrected chi connectivity index (χ0v) is 13.1. The molecule has 0 fully saturated rings. The molecule has 1 atom stereocenters. The lowest BCUT2D eigenvalue weighted by Gasteiger charge is -2.28. The first kappa shape index (κ1) is 14.7. The Balaban J connectivity index is 2.14. The highest BCUT2D eigenvalue weighted by Gasteiger charge is 2.27. The van der Waals surface area contributed by atoms with Gasteiger partial charge in [-0.1, -0.05) is 23.7 Å². The number of carbonyl (C=O) groups excluding carboxylic acids is 1. The van der Waals surface area contributed by atoms with Gasteiger partial charge in [-0.25, -0.2) is 0 Å². The highest BCUT2D eigenvalue weighted by molar-refractivity contribution is 6.30. The van der Waals surface area contributed by atoms with Crippen molar-refractivity contribution in [2.45, 2.75) is 12.5 Å². The normalized spacial score (nSPS) is 16.7. The number of carbonyl (C=O) groups is 1. The van der Waals surface area contributed by atoms with Crippen molar-refractivity contribution in [1.82, 2.24) is 5.32 Å². The maximum absolute atomic E-state index is 12.0. The molecule has 0 spiro atoms. The van der Waals surface area contributed by atoms with E-state index in [4.69, 9.17) is 21.1 Å². The molecule has 114 valence electrons. The van der Waals surface area contributed by atoms with E-state index >= 15 is 0 Å². The predicted octanol–water partition coefficient (Wildman–Crippen LogP) is 3.12. The van der Waals surface area contributed by atoms with E-state index in [9.17, 15) is 4.79 Å². The number of halogens is 1. The number of nitrogens with one attached hydrogen (secondary N) is 1. The van der Waals surface area contributed by atoms with Gasteiger partial charge in [0.05, 0.1) is 26.7 Å². The first-order valence-electron chi connectivity index (χ1n) is 6.92. The molecule has 1 unspecified atom stereocenters. The van der Waals surface area contributed by atoms with Gasteiger partial charge >= 0.3 is 0 Å². The summed E-state index contributed by atoms with van der Waals surface area (Å²) in [5, 5.41) is 3.65. The van der Waals surface area contributed by atoms with E-state index in [1.807, 2.05) is 36.4 Å². The fourth-order valence-electron chi connectivity index (χ4n) is 2.77. The van der Waals surface area contributed by atoms with Gasteiger partial charge in [0.25, 0.3) is 0 Å². The lowest BCUT2D eigenvalue weighted by Crippen LogP contribution is -2.35. The molecule has 2 aromatic rings. The summed E-state index contributed by atoms with van der Waals surface area (Å²) in [6.07, 6.45) is 0.326. The second-order valence-electron chi connectivity index (χ2n) is 5.14. The Morgan fingerprint density at radius 3 is 2.55 bits per heavy atom. The molecule has 1 aliphatic heterocycles. The number of methoxy groups -OCH3 is 2. The van der Waals surface area contributed by atoms with Crippen molar-refractivity contribution in [2.75, 3.05) is 14.2 Å². The van der Waals surface area contributed by atoms with Crippen LogP contribution in [0.15, 0.2) is 36.4 Å². The van der Waals surface area contributed by atoms with Gasteiger partial charge in [-0.3, -0.25) is 4.79 Å². The number of rotatable bonds is 3. The molecule has 3 rings (SSSR count). The van der Waals surface area contributed by atoms with Crippen molar-refractivity contribution in [2.24, 2.45) is 0 Å². The molecule has 0 aliphatic carbocycles. The van der Waals surface area contributed by atoms with E-state index in [0.29, 0.717) is 22.9 Å². The Labute approximate surface area is 134 Å². The maximum Gasteiger partial charge on any atom is 0.225 e. The predicted molar refractivity (Wildman–Crippen MR) is 84.7 cm³/mol. The number of hydrogen-bond acceptors (Lipinski definition) is 3. The van der Waals surface area contributed by atoms with E-state index in [-0.39, 0.29) is 11.9 Å². The van der Waals surface area contributed by atoms with E-state index < -0.39 is 0 Å². The monoisotopic (exact) mass is 317 g/mol. The summed E-state index contributed by atoms with van der Waals surface area (Å²) >= 11 is 6.08. The molecule has 4 nitrogen and oxygen atoms in total. The minimum absolute atomic E-state index is 0.0234. The van der Waals surface area contributed by atoms with Gasteiger partial charge in [0.1, 0.15) is 0 Å². The van der Waals surface area contributed by atoms with E-state index in [2.05, 4.69) is 5.32 Å². The molecule has 0 saturated heterocycles. The summed E-state index contributed by atoms with van der Waals surface area (Å²) in [5.41, 5.74) is 2.87. The van der Waals surface area contributed by atoms with Crippen molar-refractivity contribution < 1.29 is 14.3 Å². The summed E-state index contributed by atoms with van der Waals surface area (Å²) in [6, 6.07) is 11.0. The Bertz CT molecular complexity index is 730. The first-order chi connectivity index (χ1) is 10.6. The minimum Gasteiger partial charge on any atom is -0.493 e. The lowest BCUT2D eigenvalue weighted by molar-refractivity contribution is -0.121. The van der Waals surface area contributed by atoms with Crippen LogP contribution < -0.4 is 14.8 Å². The van der Waals surface area contributed by atoms with Crippen molar-refractivity contribution in [3.8, 4) is 11.5 Å². The summed E-state index contributed by atoms with van der Waals surface area (Å²) in [6.45, 7) is 0. The average molecular weight is 318 g/mol. The van der Waals surface area contributed by atoms with Gasteiger partial charge in [0.15, 0.2) is 11.5 Å². The van der Waals surface area contributed by atoms with E-state index in [1.165, 1.54) is 0 Å². The quantitative estimate of drug-likeness (QED) is 0.946. The fourth-order valence-corrected chi connectivity index (χ4v) is 2.97. The third-order valence-electron chi connectivity index (χ3n) is 3.79. The number of ether oxygens (including phenoxy) is 2. The standard InChI is InChI=1S/C17H16ClNO3/c1-21-14-7-11-8-16(20)19-17(13(11)9-15(14)22-2)10-4-3-5-12(18)6-10/h3-7,9,17H,8H2,1-2H3,(H,19,20). The van der Waals surface area contributed by atoms with Crippen LogP contribution in [-0.2, 0) is 11.2 Å². The summed E-state index contributed by atoms with van der Waals surface area (Å²) in [4.78, 5) is 12.0. The van der Waals surface area contributed by atoms with Crippen molar-refractivity contribution in [1.29, 1.82) is 0 Å². The van der Waals surface area contributed by atoms with Crippen LogP contribution in [0.1, 0.15) is 22.7 Å². The van der Waals surface area contributed by atoms with Crippen LogP contribution in [0.2, 0.25) is 5.02 Å². The van der Waals surface area contributed by atoms with Gasteiger partial charge in [0, 0.05) is 5.02 Å². The van der Waals surface area contributed by atoms with E-state index in [0.717, 1.165) is 16.7 Å². The molecular formula is C17H16ClNO3. The average Bonchev–Trinajstić information content (AvgIpc) is 2.52. The third-order valence-corrected chi connectivity index (χ3v) is 4.03. The fraction of sp³-hybridized carbons (Fsp3) is 0.235. The second kappa shape index (κ2) is 5.89. The highest BCUT2D eigenvalue weighted by Crippen LogP contribution is 2.37. The van der Waals surface area contributed by atoms with Crippen LogP contribution in [0, 0.1) is 0 Å². The second-order valence-corrected chi connectivity index (χ2v) is 5.57. The topological polar surface area (TPSA) is 47.6 Å². The third kappa shape index (κ3) is 2.62. The SMILES string of the molecule is COc1cc2c(cc1OC)C(c1cccc(Cl)c1)NC(=O)C2. The molecular weight excluding hydrogens is 302 g/mol. The van der Waals surface area contributed by atoms with Crippen LogP contribution in [0.4, 0.5) is 0 Å². The van der Waals surface area contributed by atoms with E-state index in [1.54, 1.807) is 14.2 Å². The highest BCUT2D eigenvalue weighted by atomic mass is 35.5. The molecule has 2 aromatic carbocycles. The van der Waals surface area contributed by atoms with Gasteiger partial charge in [0.2, 0.25) is 5.91 Å². The smallest absolute Gasteiger partial charge is 0.225 e. The Morgan fingerprint density at radius 1 is 1.14 bits per heavy atom. The van der Waals surface area contributed by atoms with Gasteiger partial charge < -0.3 is 14.8 Å². The summed E-state index contributed by atoms with van der Waals surface area (Å²) in [5.74, 6) is 1.25. The van der Waals surface area contributed by atoms with Crippen LogP contribution >= 0.6 is 11.6 Å². The molecule has 5 heteroatoms. The largest absolute Gasteiger partial charge is 0.493 e. The van der Waals surface area contributed by atoms with Crippen LogP contribution in [0.25, 0.3) is 0 Å². The molecule has 0 saturated carbocycles. The Morgan fingerprint density at radius 2 is 1.86 bits per heavy atom. The molecule has 0 aromatic heterocycles. The molecule has 1 amide bonds. The van der Waals surface area contributed by atoms with Crippen LogP contribution in [0.3, 0.4) is 0 Å². The zero-order valence-electron chi connectivity index (χ0n) is 12.4. The summed E-state index contributed by atoms with van der Waals surface area (Å²) in [7, 11) is 3.18. The Kier molecular flexibility index (Phi) is 3.94. The first-order valence-corrected chi connectivity index (χ1v) is 7.30. The van der Waals surface area contributed by atoms with Crippen molar-refractivity contribution in [3.63, 3.8) is 0 Å². The molecule has 1 N–H and O–H groups in total. The molecule has 22 heavy (non-hydrogen) atoms. The number of benzene rings is 2. The Hall–Kier alpha value is -2.20. The van der Waals surface area contributed by atoms with Gasteiger partial charge in [-0.2, -0.15) is 0 Å².